The molecule has 0 spiro atoms. The fraction of sp³-hybridized carbons (Fsp3) is 0.643. The molecule has 6 heteroatoms. The summed E-state index contributed by atoms with van der Waals surface area (Å²) >= 11 is 0. The zero-order valence-corrected chi connectivity index (χ0v) is 12.0. The van der Waals surface area contributed by atoms with Gasteiger partial charge in [0.15, 0.2) is 0 Å². The Morgan fingerprint density at radius 3 is 3.10 bits per heavy atom. The number of aromatic nitrogens is 5. The SMILES string of the molecule is CCCn1cncc1Cn1cc(CNCC2CC2)nn1. The fourth-order valence-corrected chi connectivity index (χ4v) is 2.31. The van der Waals surface area contributed by atoms with Gasteiger partial charge in [0.1, 0.15) is 0 Å². The molecule has 108 valence electrons. The molecule has 0 radical (unpaired) electrons. The van der Waals surface area contributed by atoms with Gasteiger partial charge in [-0.25, -0.2) is 9.67 Å². The van der Waals surface area contributed by atoms with Crippen LogP contribution in [0.3, 0.4) is 0 Å². The van der Waals surface area contributed by atoms with E-state index in [4.69, 9.17) is 0 Å². The first-order valence-electron chi connectivity index (χ1n) is 7.44. The third-order valence-electron chi connectivity index (χ3n) is 3.61. The third-order valence-corrected chi connectivity index (χ3v) is 3.61. The van der Waals surface area contributed by atoms with Crippen molar-refractivity contribution in [2.45, 2.75) is 45.8 Å². The van der Waals surface area contributed by atoms with Gasteiger partial charge in [0.25, 0.3) is 0 Å². The van der Waals surface area contributed by atoms with Crippen LogP contribution in [0.2, 0.25) is 0 Å². The average Bonchev–Trinajstić information content (AvgIpc) is 2.99. The van der Waals surface area contributed by atoms with Crippen LogP contribution in [-0.4, -0.2) is 31.1 Å². The summed E-state index contributed by atoms with van der Waals surface area (Å²) in [5.41, 5.74) is 2.18. The molecule has 1 aliphatic rings. The summed E-state index contributed by atoms with van der Waals surface area (Å²) in [5.74, 6) is 0.897. The monoisotopic (exact) mass is 274 g/mol. The molecule has 0 aromatic carbocycles. The molecule has 20 heavy (non-hydrogen) atoms. The van der Waals surface area contributed by atoms with Gasteiger partial charge in [0, 0.05) is 13.1 Å². The third kappa shape index (κ3) is 3.45. The summed E-state index contributed by atoms with van der Waals surface area (Å²) in [6, 6.07) is 0. The van der Waals surface area contributed by atoms with Gasteiger partial charge in [-0.15, -0.1) is 5.10 Å². The van der Waals surface area contributed by atoms with Gasteiger partial charge in [-0.05, 0) is 31.7 Å². The molecule has 0 aliphatic heterocycles. The van der Waals surface area contributed by atoms with Crippen molar-refractivity contribution in [1.29, 1.82) is 0 Å². The van der Waals surface area contributed by atoms with Gasteiger partial charge < -0.3 is 9.88 Å². The smallest absolute Gasteiger partial charge is 0.0964 e. The van der Waals surface area contributed by atoms with Crippen LogP contribution in [0.15, 0.2) is 18.7 Å². The number of nitrogens with zero attached hydrogens (tertiary/aromatic N) is 5. The first-order valence-corrected chi connectivity index (χ1v) is 7.44. The number of nitrogens with one attached hydrogen (secondary N) is 1. The average molecular weight is 274 g/mol. The summed E-state index contributed by atoms with van der Waals surface area (Å²) in [6.45, 7) is 5.82. The van der Waals surface area contributed by atoms with Crippen LogP contribution in [0.1, 0.15) is 37.6 Å². The summed E-state index contributed by atoms with van der Waals surface area (Å²) in [5, 5.41) is 11.8. The van der Waals surface area contributed by atoms with Gasteiger partial charge in [-0.2, -0.15) is 0 Å². The van der Waals surface area contributed by atoms with Crippen molar-refractivity contribution in [2.24, 2.45) is 5.92 Å². The number of rotatable bonds is 8. The molecule has 6 nitrogen and oxygen atoms in total. The second-order valence-electron chi connectivity index (χ2n) is 5.56. The van der Waals surface area contributed by atoms with Crippen molar-refractivity contribution in [3.63, 3.8) is 0 Å². The molecule has 0 saturated heterocycles. The zero-order valence-electron chi connectivity index (χ0n) is 12.0. The highest BCUT2D eigenvalue weighted by molar-refractivity contribution is 5.01. The Labute approximate surface area is 119 Å². The lowest BCUT2D eigenvalue weighted by Crippen LogP contribution is -2.16. The van der Waals surface area contributed by atoms with Gasteiger partial charge in [0.2, 0.25) is 0 Å². The van der Waals surface area contributed by atoms with E-state index in [1.54, 1.807) is 0 Å². The van der Waals surface area contributed by atoms with Gasteiger partial charge in [0.05, 0.1) is 36.7 Å². The second-order valence-corrected chi connectivity index (χ2v) is 5.56. The van der Waals surface area contributed by atoms with Crippen LogP contribution in [0.4, 0.5) is 0 Å². The maximum absolute atomic E-state index is 4.21. The number of hydrogen-bond donors (Lipinski definition) is 1. The summed E-state index contributed by atoms with van der Waals surface area (Å²) in [7, 11) is 0. The molecule has 1 aliphatic carbocycles. The summed E-state index contributed by atoms with van der Waals surface area (Å²) in [4.78, 5) is 4.21. The van der Waals surface area contributed by atoms with Gasteiger partial charge >= 0.3 is 0 Å². The molecule has 2 aromatic heterocycles. The predicted octanol–water partition coefficient (Wildman–Crippen LogP) is 1.43. The Morgan fingerprint density at radius 2 is 2.30 bits per heavy atom. The predicted molar refractivity (Wildman–Crippen MR) is 76.1 cm³/mol. The lowest BCUT2D eigenvalue weighted by atomic mass is 10.4. The van der Waals surface area contributed by atoms with E-state index in [-0.39, 0.29) is 0 Å². The topological polar surface area (TPSA) is 60.6 Å². The van der Waals surface area contributed by atoms with E-state index in [0.29, 0.717) is 0 Å². The van der Waals surface area contributed by atoms with E-state index in [1.165, 1.54) is 18.5 Å². The van der Waals surface area contributed by atoms with Crippen LogP contribution < -0.4 is 5.32 Å². The Balaban J connectivity index is 1.54. The maximum atomic E-state index is 4.21. The summed E-state index contributed by atoms with van der Waals surface area (Å²) in [6.07, 6.45) is 9.67. The number of imidazole rings is 1. The standard InChI is InChI=1S/C14H22N6/c1-2-5-19-11-16-8-14(19)10-20-9-13(17-18-20)7-15-6-12-3-4-12/h8-9,11-12,15H,2-7,10H2,1H3. The maximum Gasteiger partial charge on any atom is 0.0964 e. The van der Waals surface area contributed by atoms with Crippen molar-refractivity contribution in [1.82, 2.24) is 29.9 Å². The zero-order chi connectivity index (χ0) is 13.8. The van der Waals surface area contributed by atoms with Crippen molar-refractivity contribution < 1.29 is 0 Å². The fourth-order valence-electron chi connectivity index (χ4n) is 2.31. The molecule has 2 aromatic rings. The van der Waals surface area contributed by atoms with E-state index in [1.807, 2.05) is 23.4 Å². The Morgan fingerprint density at radius 1 is 1.40 bits per heavy atom. The van der Waals surface area contributed by atoms with Gasteiger partial charge in [-0.3, -0.25) is 0 Å². The molecule has 1 fully saturated rings. The lowest BCUT2D eigenvalue weighted by Gasteiger charge is -2.05. The molecule has 0 atom stereocenters. The molecular formula is C14H22N6. The molecular weight excluding hydrogens is 252 g/mol. The second kappa shape index (κ2) is 6.17. The number of aryl methyl sites for hydroxylation is 1. The van der Waals surface area contributed by atoms with E-state index in [2.05, 4.69) is 32.1 Å². The molecule has 2 heterocycles. The minimum absolute atomic E-state index is 0.732. The van der Waals surface area contributed by atoms with E-state index >= 15 is 0 Å². The first-order chi connectivity index (χ1) is 9.85. The van der Waals surface area contributed by atoms with Crippen LogP contribution in [0.25, 0.3) is 0 Å². The first kappa shape index (κ1) is 13.3. The highest BCUT2D eigenvalue weighted by Crippen LogP contribution is 2.27. The quantitative estimate of drug-likeness (QED) is 0.791. The van der Waals surface area contributed by atoms with E-state index < -0.39 is 0 Å². The highest BCUT2D eigenvalue weighted by Gasteiger charge is 2.20. The molecule has 0 bridgehead atoms. The summed E-state index contributed by atoms with van der Waals surface area (Å²) < 4.78 is 4.06. The molecule has 0 amide bonds. The van der Waals surface area contributed by atoms with E-state index in [9.17, 15) is 0 Å². The Hall–Kier alpha value is -1.69. The van der Waals surface area contributed by atoms with Crippen LogP contribution in [0.5, 0.6) is 0 Å². The van der Waals surface area contributed by atoms with Gasteiger partial charge in [-0.1, -0.05) is 12.1 Å². The Kier molecular flexibility index (Phi) is 4.11. The lowest BCUT2D eigenvalue weighted by molar-refractivity contribution is 0.583. The van der Waals surface area contributed by atoms with Crippen molar-refractivity contribution >= 4 is 0 Å². The Bertz CT molecular complexity index is 539. The highest BCUT2D eigenvalue weighted by atomic mass is 15.4. The van der Waals surface area contributed by atoms with Crippen LogP contribution in [0, 0.1) is 5.92 Å². The molecule has 1 saturated carbocycles. The molecule has 0 unspecified atom stereocenters. The molecule has 3 rings (SSSR count). The molecule has 1 N–H and O–H groups in total. The van der Waals surface area contributed by atoms with Crippen molar-refractivity contribution in [3.05, 3.63) is 30.1 Å². The minimum atomic E-state index is 0.732. The largest absolute Gasteiger partial charge is 0.333 e. The van der Waals surface area contributed by atoms with Crippen molar-refractivity contribution in [2.75, 3.05) is 6.54 Å². The normalized spacial score (nSPS) is 14.8. The minimum Gasteiger partial charge on any atom is -0.333 e. The van der Waals surface area contributed by atoms with E-state index in [0.717, 1.165) is 44.2 Å². The van der Waals surface area contributed by atoms with Crippen LogP contribution in [-0.2, 0) is 19.6 Å². The number of hydrogen-bond acceptors (Lipinski definition) is 4. The van der Waals surface area contributed by atoms with Crippen molar-refractivity contribution in [3.8, 4) is 0 Å². The van der Waals surface area contributed by atoms with Crippen LogP contribution >= 0.6 is 0 Å².